The highest BCUT2D eigenvalue weighted by atomic mass is 127. The van der Waals surface area contributed by atoms with Crippen molar-refractivity contribution in [2.45, 2.75) is 18.5 Å². The highest BCUT2D eigenvalue weighted by Crippen LogP contribution is 2.38. The monoisotopic (exact) mass is 412 g/mol. The largest absolute Gasteiger partial charge is 0.454 e. The third-order valence-electron chi connectivity index (χ3n) is 4.02. The molecule has 2 N–H and O–H groups in total. The molecule has 2 aliphatic heterocycles. The zero-order chi connectivity index (χ0) is 14.4. The molecule has 0 aromatic heterocycles. The Bertz CT molecular complexity index is 689. The Morgan fingerprint density at radius 2 is 2.05 bits per heavy atom. The number of ether oxygens (including phenoxy) is 2. The third-order valence-corrected chi connectivity index (χ3v) is 6.81. The zero-order valence-electron chi connectivity index (χ0n) is 11.4. The van der Waals surface area contributed by atoms with Gasteiger partial charge in [0.05, 0.1) is 0 Å². The highest BCUT2D eigenvalue weighted by molar-refractivity contribution is 7.49. The van der Waals surface area contributed by atoms with E-state index in [-0.39, 0.29) is 0 Å². The van der Waals surface area contributed by atoms with Crippen LogP contribution in [0.3, 0.4) is 0 Å². The average molecular weight is 412 g/mol. The topological polar surface area (TPSA) is 44.5 Å². The predicted octanol–water partition coefficient (Wildman–Crippen LogP) is -1.08. The summed E-state index contributed by atoms with van der Waals surface area (Å²) in [5.74, 6) is 1.74. The fourth-order valence-electron chi connectivity index (χ4n) is 3.00. The van der Waals surface area contributed by atoms with Crippen LogP contribution in [0.4, 0.5) is 5.69 Å². The van der Waals surface area contributed by atoms with Gasteiger partial charge in [-0.1, -0.05) is 14.6 Å². The Balaban J connectivity index is 1.55. The standard InChI is InChI=1S/C16H16INO2P/c17-12-2-3-13(18)16-11(12)7-10(21-16)5-9-1-4-14-15(6-9)20-8-19-14/h1-4,6,10,17,21H,5,7-8,18H2/q+1. The summed E-state index contributed by atoms with van der Waals surface area (Å²) in [5.41, 5.74) is 10.6. The van der Waals surface area contributed by atoms with E-state index in [2.05, 4.69) is 40.8 Å². The third kappa shape index (κ3) is 2.49. The van der Waals surface area contributed by atoms with Crippen LogP contribution in [0.1, 0.15) is 11.1 Å². The number of nitrogens with two attached hydrogens (primary N) is 1. The summed E-state index contributed by atoms with van der Waals surface area (Å²) in [6.45, 7) is 0.339. The molecule has 0 spiro atoms. The number of anilines is 1. The molecule has 2 aromatic carbocycles. The average Bonchev–Trinajstić information content (AvgIpc) is 3.09. The van der Waals surface area contributed by atoms with E-state index in [1.165, 1.54) is 20.0 Å². The lowest BCUT2D eigenvalue weighted by Gasteiger charge is -2.09. The van der Waals surface area contributed by atoms with Gasteiger partial charge in [0.1, 0.15) is 0 Å². The van der Waals surface area contributed by atoms with Crippen molar-refractivity contribution in [3.8, 4) is 11.5 Å². The smallest absolute Gasteiger partial charge is 0.297 e. The minimum Gasteiger partial charge on any atom is -0.454 e. The lowest BCUT2D eigenvalue weighted by Crippen LogP contribution is -3.34. The first-order chi connectivity index (χ1) is 10.2. The quantitative estimate of drug-likeness (QED) is 0.388. The second kappa shape index (κ2) is 5.33. The molecule has 0 fully saturated rings. The number of hydrogen-bond acceptors (Lipinski definition) is 3. The Kier molecular flexibility index (Phi) is 3.46. The van der Waals surface area contributed by atoms with Crippen LogP contribution < -0.4 is 43.1 Å². The van der Waals surface area contributed by atoms with Crippen molar-refractivity contribution in [3.05, 3.63) is 45.0 Å². The van der Waals surface area contributed by atoms with Gasteiger partial charge >= 0.3 is 0 Å². The van der Waals surface area contributed by atoms with Crippen molar-refractivity contribution in [2.24, 2.45) is 0 Å². The minimum absolute atomic E-state index is 0.339. The van der Waals surface area contributed by atoms with E-state index in [0.717, 1.165) is 38.6 Å². The Labute approximate surface area is 139 Å². The van der Waals surface area contributed by atoms with E-state index in [1.807, 2.05) is 12.1 Å². The van der Waals surface area contributed by atoms with Crippen molar-refractivity contribution < 1.29 is 32.1 Å². The number of halogens is 1. The SMILES string of the molecule is Nc1ccc([IH+])c2c1PC(Cc1ccc3c(c1)OCO3)C2. The van der Waals surface area contributed by atoms with Crippen molar-refractivity contribution in [1.29, 1.82) is 0 Å². The molecule has 2 aromatic rings. The molecule has 5 heteroatoms. The molecule has 108 valence electrons. The number of nitrogen functional groups attached to an aromatic ring is 1. The lowest BCUT2D eigenvalue weighted by molar-refractivity contribution is -0.329. The maximum absolute atomic E-state index is 6.14. The number of hydrogen-bond donors (Lipinski definition) is 1. The van der Waals surface area contributed by atoms with Gasteiger partial charge in [-0.05, 0) is 48.3 Å². The predicted molar refractivity (Wildman–Crippen MR) is 82.7 cm³/mol. The first-order valence-electron chi connectivity index (χ1n) is 6.94. The zero-order valence-corrected chi connectivity index (χ0v) is 14.7. The summed E-state index contributed by atoms with van der Waals surface area (Å²) >= 11 is 2.11. The second-order valence-electron chi connectivity index (χ2n) is 5.44. The number of fused-ring (bicyclic) bond motifs is 2. The molecule has 21 heavy (non-hydrogen) atoms. The fraction of sp³-hybridized carbons (Fsp3) is 0.250. The Hall–Kier alpha value is -1.00. The molecule has 2 heterocycles. The van der Waals surface area contributed by atoms with Crippen molar-refractivity contribution in [1.82, 2.24) is 0 Å². The van der Waals surface area contributed by atoms with E-state index in [4.69, 9.17) is 15.2 Å². The van der Waals surface area contributed by atoms with Gasteiger partial charge in [0.2, 0.25) is 6.79 Å². The van der Waals surface area contributed by atoms with Gasteiger partial charge in [-0.15, -0.1) is 0 Å². The molecular weight excluding hydrogens is 396 g/mol. The van der Waals surface area contributed by atoms with Gasteiger partial charge in [0, 0.05) is 16.6 Å². The van der Waals surface area contributed by atoms with Crippen LogP contribution in [0.2, 0.25) is 0 Å². The van der Waals surface area contributed by atoms with E-state index in [9.17, 15) is 0 Å². The Morgan fingerprint density at radius 3 is 2.90 bits per heavy atom. The molecule has 0 saturated heterocycles. The van der Waals surface area contributed by atoms with Gasteiger partial charge in [-0.25, -0.2) is 0 Å². The van der Waals surface area contributed by atoms with Gasteiger partial charge in [-0.3, -0.25) is 0 Å². The van der Waals surface area contributed by atoms with Crippen LogP contribution in [0.15, 0.2) is 30.3 Å². The summed E-state index contributed by atoms with van der Waals surface area (Å²) < 4.78 is 12.2. The number of rotatable bonds is 2. The molecule has 4 rings (SSSR count). The van der Waals surface area contributed by atoms with E-state index < -0.39 is 0 Å². The maximum atomic E-state index is 6.14. The van der Waals surface area contributed by atoms with E-state index >= 15 is 0 Å². The minimum atomic E-state index is 0.339. The van der Waals surface area contributed by atoms with Crippen molar-refractivity contribution in [3.63, 3.8) is 0 Å². The molecule has 3 nitrogen and oxygen atoms in total. The van der Waals surface area contributed by atoms with Crippen LogP contribution in [-0.2, 0) is 12.8 Å². The van der Waals surface area contributed by atoms with Crippen LogP contribution in [0, 0.1) is 3.57 Å². The van der Waals surface area contributed by atoms with Crippen LogP contribution in [0.5, 0.6) is 11.5 Å². The molecule has 0 bridgehead atoms. The van der Waals surface area contributed by atoms with E-state index in [1.54, 1.807) is 0 Å². The molecule has 0 aliphatic carbocycles. The summed E-state index contributed by atoms with van der Waals surface area (Å²) in [5, 5.41) is 1.39. The second-order valence-corrected chi connectivity index (χ2v) is 8.30. The highest BCUT2D eigenvalue weighted by Gasteiger charge is 2.28. The van der Waals surface area contributed by atoms with Crippen LogP contribution in [0.25, 0.3) is 0 Å². The summed E-state index contributed by atoms with van der Waals surface area (Å²) in [6.07, 6.45) is 2.21. The Morgan fingerprint density at radius 1 is 1.19 bits per heavy atom. The first kappa shape index (κ1) is 13.6. The van der Waals surface area contributed by atoms with Crippen molar-refractivity contribution in [2.75, 3.05) is 12.5 Å². The van der Waals surface area contributed by atoms with E-state index in [0.29, 0.717) is 12.5 Å². The molecular formula is C16H16INO2P+. The molecule has 2 aliphatic rings. The first-order valence-corrected chi connectivity index (χ1v) is 9.18. The van der Waals surface area contributed by atoms with Crippen LogP contribution >= 0.6 is 8.58 Å². The normalized spacial score (nSPS) is 20.0. The lowest BCUT2D eigenvalue weighted by atomic mass is 10.0. The van der Waals surface area contributed by atoms with Gasteiger partial charge in [0.15, 0.2) is 15.1 Å². The summed E-state index contributed by atoms with van der Waals surface area (Å²) in [6, 6.07) is 10.5. The molecule has 0 radical (unpaired) electrons. The fourth-order valence-corrected chi connectivity index (χ4v) is 5.71. The summed E-state index contributed by atoms with van der Waals surface area (Å²) in [4.78, 5) is 0. The van der Waals surface area contributed by atoms with Crippen molar-refractivity contribution >= 4 is 19.6 Å². The molecule has 2 atom stereocenters. The van der Waals surface area contributed by atoms with Gasteiger partial charge < -0.3 is 15.2 Å². The summed E-state index contributed by atoms with van der Waals surface area (Å²) in [7, 11) is 0.806. The van der Waals surface area contributed by atoms with Gasteiger partial charge in [0.25, 0.3) is 22.6 Å². The molecule has 0 saturated carbocycles. The van der Waals surface area contributed by atoms with Gasteiger partial charge in [-0.2, -0.15) is 0 Å². The molecule has 0 amide bonds. The maximum Gasteiger partial charge on any atom is 0.297 e. The molecule has 2 unspecified atom stereocenters. The number of benzene rings is 2. The van der Waals surface area contributed by atoms with Crippen LogP contribution in [-0.4, -0.2) is 12.5 Å².